The van der Waals surface area contributed by atoms with Gasteiger partial charge in [0.05, 0.1) is 18.8 Å². The molecule has 110 valence electrons. The number of hydrogen-bond acceptors (Lipinski definition) is 4. The lowest BCUT2D eigenvalue weighted by molar-refractivity contribution is -0.123. The highest BCUT2D eigenvalue weighted by molar-refractivity contribution is 5.81. The maximum absolute atomic E-state index is 11.8. The summed E-state index contributed by atoms with van der Waals surface area (Å²) in [7, 11) is 0. The van der Waals surface area contributed by atoms with Crippen LogP contribution in [0, 0.1) is 0 Å². The van der Waals surface area contributed by atoms with Crippen molar-refractivity contribution in [2.45, 2.75) is 57.8 Å². The first-order chi connectivity index (χ1) is 9.06. The van der Waals surface area contributed by atoms with Gasteiger partial charge in [-0.25, -0.2) is 0 Å². The van der Waals surface area contributed by atoms with E-state index in [-0.39, 0.29) is 24.1 Å². The third-order valence-corrected chi connectivity index (χ3v) is 3.94. The highest BCUT2D eigenvalue weighted by Gasteiger charge is 2.32. The van der Waals surface area contributed by atoms with E-state index >= 15 is 0 Å². The molecule has 19 heavy (non-hydrogen) atoms. The highest BCUT2D eigenvalue weighted by atomic mass is 16.5. The van der Waals surface area contributed by atoms with Gasteiger partial charge >= 0.3 is 0 Å². The second kappa shape index (κ2) is 6.68. The number of nitrogens with zero attached hydrogens (tertiary/aromatic N) is 1. The molecule has 0 saturated carbocycles. The van der Waals surface area contributed by atoms with Crippen LogP contribution in [0.25, 0.3) is 0 Å². The summed E-state index contributed by atoms with van der Waals surface area (Å²) in [5.74, 6) is 0.0601. The summed E-state index contributed by atoms with van der Waals surface area (Å²) >= 11 is 0. The summed E-state index contributed by atoms with van der Waals surface area (Å²) in [5, 5.41) is 6.19. The summed E-state index contributed by atoms with van der Waals surface area (Å²) < 4.78 is 5.87. The number of nitrogens with one attached hydrogen (secondary N) is 2. The van der Waals surface area contributed by atoms with Gasteiger partial charge in [0.2, 0.25) is 5.91 Å². The Bertz CT molecular complexity index is 309. The molecule has 1 amide bonds. The van der Waals surface area contributed by atoms with Gasteiger partial charge in [-0.1, -0.05) is 0 Å². The van der Waals surface area contributed by atoms with Crippen molar-refractivity contribution in [3.05, 3.63) is 0 Å². The third kappa shape index (κ3) is 4.16. The van der Waals surface area contributed by atoms with Gasteiger partial charge in [0.25, 0.3) is 0 Å². The van der Waals surface area contributed by atoms with Gasteiger partial charge in [0.15, 0.2) is 0 Å². The molecule has 2 saturated heterocycles. The molecule has 3 atom stereocenters. The van der Waals surface area contributed by atoms with Crippen LogP contribution in [0.4, 0.5) is 0 Å². The lowest BCUT2D eigenvalue weighted by Crippen LogP contribution is -2.52. The monoisotopic (exact) mass is 269 g/mol. The number of carbonyl (C=O) groups excluding carboxylic acids is 1. The number of morpholine rings is 1. The van der Waals surface area contributed by atoms with Crippen LogP contribution < -0.4 is 10.6 Å². The molecule has 2 rings (SSSR count). The first kappa shape index (κ1) is 14.8. The SMILES string of the molecule is CC(C)NC(=O)C(C)NCC1CN2CCCC2CO1. The van der Waals surface area contributed by atoms with Crippen LogP contribution in [0.3, 0.4) is 0 Å². The molecule has 5 heteroatoms. The standard InChI is InChI=1S/C14H27N3O2/c1-10(2)16-14(18)11(3)15-7-13-8-17-6-4-5-12(17)9-19-13/h10-13,15H,4-9H2,1-3H3,(H,16,18). The van der Waals surface area contributed by atoms with Gasteiger partial charge in [-0.15, -0.1) is 0 Å². The molecule has 0 spiro atoms. The Kier molecular flexibility index (Phi) is 5.19. The maximum Gasteiger partial charge on any atom is 0.237 e. The van der Waals surface area contributed by atoms with Crippen molar-refractivity contribution in [3.63, 3.8) is 0 Å². The Morgan fingerprint density at radius 3 is 2.95 bits per heavy atom. The fraction of sp³-hybridized carbons (Fsp3) is 0.929. The fourth-order valence-electron chi connectivity index (χ4n) is 2.82. The molecule has 0 aromatic carbocycles. The number of hydrogen-bond donors (Lipinski definition) is 2. The molecule has 2 aliphatic heterocycles. The van der Waals surface area contributed by atoms with E-state index in [9.17, 15) is 4.79 Å². The molecule has 0 aromatic rings. The van der Waals surface area contributed by atoms with Crippen molar-refractivity contribution < 1.29 is 9.53 Å². The number of ether oxygens (including phenoxy) is 1. The van der Waals surface area contributed by atoms with Crippen LogP contribution in [-0.4, -0.2) is 61.3 Å². The lowest BCUT2D eigenvalue weighted by atomic mass is 10.2. The van der Waals surface area contributed by atoms with E-state index in [1.807, 2.05) is 20.8 Å². The number of rotatable bonds is 5. The zero-order valence-electron chi connectivity index (χ0n) is 12.3. The van der Waals surface area contributed by atoms with E-state index < -0.39 is 0 Å². The summed E-state index contributed by atoms with van der Waals surface area (Å²) in [6, 6.07) is 0.660. The minimum atomic E-state index is -0.165. The Balaban J connectivity index is 1.69. The zero-order valence-corrected chi connectivity index (χ0v) is 12.3. The minimum absolute atomic E-state index is 0.0601. The van der Waals surface area contributed by atoms with Gasteiger partial charge in [-0.2, -0.15) is 0 Å². The van der Waals surface area contributed by atoms with Crippen LogP contribution in [-0.2, 0) is 9.53 Å². The fourth-order valence-corrected chi connectivity index (χ4v) is 2.82. The summed E-state index contributed by atoms with van der Waals surface area (Å²) in [6.07, 6.45) is 2.78. The molecule has 2 fully saturated rings. The number of carbonyl (C=O) groups is 1. The van der Waals surface area contributed by atoms with Gasteiger partial charge in [0.1, 0.15) is 0 Å². The van der Waals surface area contributed by atoms with Crippen molar-refractivity contribution >= 4 is 5.91 Å². The second-order valence-corrected chi connectivity index (χ2v) is 6.04. The minimum Gasteiger partial charge on any atom is -0.374 e. The van der Waals surface area contributed by atoms with Crippen molar-refractivity contribution in [1.82, 2.24) is 15.5 Å². The first-order valence-corrected chi connectivity index (χ1v) is 7.45. The summed E-state index contributed by atoms with van der Waals surface area (Å²) in [5.41, 5.74) is 0. The molecule has 2 aliphatic rings. The normalized spacial score (nSPS) is 29.3. The molecular weight excluding hydrogens is 242 g/mol. The van der Waals surface area contributed by atoms with Crippen LogP contribution in [0.2, 0.25) is 0 Å². The van der Waals surface area contributed by atoms with Gasteiger partial charge < -0.3 is 15.4 Å². The Morgan fingerprint density at radius 2 is 2.21 bits per heavy atom. The lowest BCUT2D eigenvalue weighted by Gasteiger charge is -2.35. The van der Waals surface area contributed by atoms with Crippen molar-refractivity contribution in [1.29, 1.82) is 0 Å². The maximum atomic E-state index is 11.8. The predicted molar refractivity (Wildman–Crippen MR) is 75.1 cm³/mol. The van der Waals surface area contributed by atoms with E-state index in [1.165, 1.54) is 19.4 Å². The zero-order chi connectivity index (χ0) is 13.8. The number of fused-ring (bicyclic) bond motifs is 1. The van der Waals surface area contributed by atoms with Crippen LogP contribution in [0.5, 0.6) is 0 Å². The molecule has 0 aromatic heterocycles. The topological polar surface area (TPSA) is 53.6 Å². The average Bonchev–Trinajstić information content (AvgIpc) is 2.82. The molecule has 0 bridgehead atoms. The van der Waals surface area contributed by atoms with Gasteiger partial charge in [-0.3, -0.25) is 9.69 Å². The van der Waals surface area contributed by atoms with Crippen LogP contribution in [0.15, 0.2) is 0 Å². The Labute approximate surface area is 116 Å². The summed E-state index contributed by atoms with van der Waals surface area (Å²) in [4.78, 5) is 14.3. The first-order valence-electron chi connectivity index (χ1n) is 7.45. The van der Waals surface area contributed by atoms with Crippen LogP contribution >= 0.6 is 0 Å². The molecule has 3 unspecified atom stereocenters. The largest absolute Gasteiger partial charge is 0.374 e. The molecule has 2 heterocycles. The van der Waals surface area contributed by atoms with E-state index in [2.05, 4.69) is 15.5 Å². The van der Waals surface area contributed by atoms with E-state index in [0.29, 0.717) is 6.04 Å². The molecular formula is C14H27N3O2. The number of amides is 1. The van der Waals surface area contributed by atoms with Crippen molar-refractivity contribution in [3.8, 4) is 0 Å². The van der Waals surface area contributed by atoms with Gasteiger partial charge in [0, 0.05) is 25.2 Å². The second-order valence-electron chi connectivity index (χ2n) is 6.04. The summed E-state index contributed by atoms with van der Waals surface area (Å²) in [6.45, 7) is 9.64. The smallest absolute Gasteiger partial charge is 0.237 e. The van der Waals surface area contributed by atoms with Crippen LogP contribution in [0.1, 0.15) is 33.6 Å². The van der Waals surface area contributed by atoms with Gasteiger partial charge in [-0.05, 0) is 40.2 Å². The quantitative estimate of drug-likeness (QED) is 0.756. The van der Waals surface area contributed by atoms with E-state index in [0.717, 1.165) is 19.7 Å². The van der Waals surface area contributed by atoms with E-state index in [1.54, 1.807) is 0 Å². The molecule has 0 radical (unpaired) electrons. The molecule has 0 aliphatic carbocycles. The van der Waals surface area contributed by atoms with Crippen molar-refractivity contribution in [2.24, 2.45) is 0 Å². The predicted octanol–water partition coefficient (Wildman–Crippen LogP) is 0.352. The molecule has 2 N–H and O–H groups in total. The average molecular weight is 269 g/mol. The third-order valence-electron chi connectivity index (χ3n) is 3.94. The Hall–Kier alpha value is -0.650. The molecule has 5 nitrogen and oxygen atoms in total. The Morgan fingerprint density at radius 1 is 1.42 bits per heavy atom. The highest BCUT2D eigenvalue weighted by Crippen LogP contribution is 2.22. The van der Waals surface area contributed by atoms with Crippen molar-refractivity contribution in [2.75, 3.05) is 26.2 Å². The van der Waals surface area contributed by atoms with E-state index in [4.69, 9.17) is 4.74 Å².